The van der Waals surface area contributed by atoms with Crippen molar-refractivity contribution in [1.82, 2.24) is 0 Å². The molecule has 2 aliphatic heterocycles. The van der Waals surface area contributed by atoms with Crippen LogP contribution in [0.4, 0.5) is 5.69 Å². The lowest BCUT2D eigenvalue weighted by Crippen LogP contribution is -2.23. The average Bonchev–Trinajstić information content (AvgIpc) is 2.84. The quantitative estimate of drug-likeness (QED) is 0.822. The Kier molecular flexibility index (Phi) is 2.60. The van der Waals surface area contributed by atoms with E-state index in [0.29, 0.717) is 18.2 Å². The maximum absolute atomic E-state index is 5.88. The molecule has 0 radical (unpaired) electrons. The maximum Gasteiger partial charge on any atom is 0.0599 e. The van der Waals surface area contributed by atoms with Crippen molar-refractivity contribution < 1.29 is 4.74 Å². The van der Waals surface area contributed by atoms with E-state index in [0.717, 1.165) is 12.8 Å². The lowest BCUT2D eigenvalue weighted by molar-refractivity contribution is 0.0485. The van der Waals surface area contributed by atoms with Gasteiger partial charge in [-0.1, -0.05) is 18.2 Å². The number of benzene rings is 1. The molecular formula is C14H19NO. The molecular weight excluding hydrogens is 198 g/mol. The van der Waals surface area contributed by atoms with Crippen molar-refractivity contribution in [3.05, 3.63) is 29.8 Å². The molecule has 2 nitrogen and oxygen atoms in total. The van der Waals surface area contributed by atoms with Crippen LogP contribution in [0, 0.1) is 0 Å². The van der Waals surface area contributed by atoms with Gasteiger partial charge in [-0.2, -0.15) is 0 Å². The molecule has 3 unspecified atom stereocenters. The molecule has 2 aliphatic rings. The fraction of sp³-hybridized carbons (Fsp3) is 0.571. The zero-order chi connectivity index (χ0) is 11.0. The topological polar surface area (TPSA) is 21.3 Å². The molecule has 1 fully saturated rings. The van der Waals surface area contributed by atoms with Gasteiger partial charge in [-0.15, -0.1) is 0 Å². The monoisotopic (exact) mass is 217 g/mol. The first kappa shape index (κ1) is 10.2. The van der Waals surface area contributed by atoms with E-state index in [4.69, 9.17) is 4.74 Å². The van der Waals surface area contributed by atoms with Gasteiger partial charge in [-0.05, 0) is 44.2 Å². The second-order valence-corrected chi connectivity index (χ2v) is 5.08. The van der Waals surface area contributed by atoms with Crippen molar-refractivity contribution in [2.45, 2.75) is 50.9 Å². The zero-order valence-corrected chi connectivity index (χ0v) is 9.78. The largest absolute Gasteiger partial charge is 0.382 e. The predicted octanol–water partition coefficient (Wildman–Crippen LogP) is 2.98. The molecule has 1 N–H and O–H groups in total. The van der Waals surface area contributed by atoms with Gasteiger partial charge in [-0.25, -0.2) is 0 Å². The molecule has 0 spiro atoms. The summed E-state index contributed by atoms with van der Waals surface area (Å²) in [6, 6.07) is 9.19. The molecule has 16 heavy (non-hydrogen) atoms. The molecule has 3 atom stereocenters. The van der Waals surface area contributed by atoms with Crippen LogP contribution in [0.15, 0.2) is 24.3 Å². The highest BCUT2D eigenvalue weighted by molar-refractivity contribution is 5.56. The highest BCUT2D eigenvalue weighted by atomic mass is 16.5. The molecule has 2 heteroatoms. The van der Waals surface area contributed by atoms with Crippen LogP contribution in [0.2, 0.25) is 0 Å². The number of rotatable bonds is 2. The molecule has 1 aromatic carbocycles. The first-order valence-electron chi connectivity index (χ1n) is 6.31. The molecule has 1 saturated heterocycles. The minimum absolute atomic E-state index is 0.466. The van der Waals surface area contributed by atoms with Crippen molar-refractivity contribution in [3.63, 3.8) is 0 Å². The second kappa shape index (κ2) is 4.10. The Morgan fingerprint density at radius 2 is 2.19 bits per heavy atom. The Labute approximate surface area is 97.0 Å². The van der Waals surface area contributed by atoms with E-state index in [1.807, 2.05) is 0 Å². The Bertz CT molecular complexity index is 352. The highest BCUT2D eigenvalue weighted by Crippen LogP contribution is 2.30. The fourth-order valence-electron chi connectivity index (χ4n) is 2.89. The van der Waals surface area contributed by atoms with E-state index in [2.05, 4.69) is 36.5 Å². The molecule has 86 valence electrons. The van der Waals surface area contributed by atoms with Crippen molar-refractivity contribution >= 4 is 5.69 Å². The van der Waals surface area contributed by atoms with Crippen LogP contribution in [-0.4, -0.2) is 18.2 Å². The van der Waals surface area contributed by atoms with E-state index in [1.54, 1.807) is 0 Å². The van der Waals surface area contributed by atoms with E-state index in [1.165, 1.54) is 24.1 Å². The molecule has 0 aliphatic carbocycles. The average molecular weight is 217 g/mol. The number of hydrogen-bond donors (Lipinski definition) is 1. The third-order valence-corrected chi connectivity index (χ3v) is 3.71. The van der Waals surface area contributed by atoms with E-state index in [-0.39, 0.29) is 0 Å². The molecule has 3 rings (SSSR count). The summed E-state index contributed by atoms with van der Waals surface area (Å²) in [6.45, 7) is 2.18. The number of fused-ring (bicyclic) bond motifs is 1. The molecule has 2 heterocycles. The van der Waals surface area contributed by atoms with Crippen LogP contribution in [0.1, 0.15) is 31.7 Å². The van der Waals surface area contributed by atoms with Gasteiger partial charge in [0.25, 0.3) is 0 Å². The number of para-hydroxylation sites is 1. The van der Waals surface area contributed by atoms with Crippen molar-refractivity contribution in [1.29, 1.82) is 0 Å². The molecule has 0 aromatic heterocycles. The summed E-state index contributed by atoms with van der Waals surface area (Å²) in [6.07, 6.45) is 5.71. The van der Waals surface area contributed by atoms with Crippen LogP contribution in [-0.2, 0) is 11.2 Å². The van der Waals surface area contributed by atoms with Crippen molar-refractivity contribution in [2.75, 3.05) is 5.32 Å². The third kappa shape index (κ3) is 1.94. The number of anilines is 1. The fourth-order valence-corrected chi connectivity index (χ4v) is 2.89. The van der Waals surface area contributed by atoms with Crippen LogP contribution < -0.4 is 5.32 Å². The van der Waals surface area contributed by atoms with Crippen LogP contribution in [0.3, 0.4) is 0 Å². The summed E-state index contributed by atoms with van der Waals surface area (Å²) >= 11 is 0. The van der Waals surface area contributed by atoms with Gasteiger partial charge in [0, 0.05) is 11.7 Å². The van der Waals surface area contributed by atoms with E-state index < -0.39 is 0 Å². The maximum atomic E-state index is 5.88. The third-order valence-electron chi connectivity index (χ3n) is 3.71. The summed E-state index contributed by atoms with van der Waals surface area (Å²) in [5.41, 5.74) is 2.78. The minimum atomic E-state index is 0.466. The summed E-state index contributed by atoms with van der Waals surface area (Å²) in [5.74, 6) is 0. The van der Waals surface area contributed by atoms with Gasteiger partial charge in [-0.3, -0.25) is 0 Å². The van der Waals surface area contributed by atoms with Crippen LogP contribution >= 0.6 is 0 Å². The summed E-state index contributed by atoms with van der Waals surface area (Å²) in [5, 5.41) is 3.60. The van der Waals surface area contributed by atoms with Crippen molar-refractivity contribution in [3.8, 4) is 0 Å². The Morgan fingerprint density at radius 1 is 1.31 bits per heavy atom. The SMILES string of the molecule is CC1CCC(CC2Cc3ccccc3N2)O1. The van der Waals surface area contributed by atoms with Crippen LogP contribution in [0.25, 0.3) is 0 Å². The highest BCUT2D eigenvalue weighted by Gasteiger charge is 2.27. The number of ether oxygens (including phenoxy) is 1. The van der Waals surface area contributed by atoms with E-state index in [9.17, 15) is 0 Å². The van der Waals surface area contributed by atoms with Gasteiger partial charge >= 0.3 is 0 Å². The van der Waals surface area contributed by atoms with Gasteiger partial charge in [0.15, 0.2) is 0 Å². The molecule has 1 aromatic rings. The van der Waals surface area contributed by atoms with Gasteiger partial charge < -0.3 is 10.1 Å². The second-order valence-electron chi connectivity index (χ2n) is 5.08. The standard InChI is InChI=1S/C14H19NO/c1-10-6-7-13(16-10)9-12-8-11-4-2-3-5-14(11)15-12/h2-5,10,12-13,15H,6-9H2,1H3. The molecule has 0 saturated carbocycles. The number of nitrogens with one attached hydrogen (secondary N) is 1. The Morgan fingerprint density at radius 3 is 2.94 bits per heavy atom. The lowest BCUT2D eigenvalue weighted by atomic mass is 10.0. The first-order valence-corrected chi connectivity index (χ1v) is 6.31. The van der Waals surface area contributed by atoms with Gasteiger partial charge in [0.05, 0.1) is 12.2 Å². The molecule has 0 bridgehead atoms. The minimum Gasteiger partial charge on any atom is -0.382 e. The summed E-state index contributed by atoms with van der Waals surface area (Å²) in [4.78, 5) is 0. The predicted molar refractivity (Wildman–Crippen MR) is 65.7 cm³/mol. The smallest absolute Gasteiger partial charge is 0.0599 e. The van der Waals surface area contributed by atoms with Crippen molar-refractivity contribution in [2.24, 2.45) is 0 Å². The summed E-state index contributed by atoms with van der Waals surface area (Å²) in [7, 11) is 0. The number of hydrogen-bond acceptors (Lipinski definition) is 2. The first-order chi connectivity index (χ1) is 7.81. The zero-order valence-electron chi connectivity index (χ0n) is 9.78. The van der Waals surface area contributed by atoms with Gasteiger partial charge in [0.2, 0.25) is 0 Å². The van der Waals surface area contributed by atoms with Crippen LogP contribution in [0.5, 0.6) is 0 Å². The van der Waals surface area contributed by atoms with Gasteiger partial charge in [0.1, 0.15) is 0 Å². The Hall–Kier alpha value is -1.02. The normalized spacial score (nSPS) is 32.4. The Balaban J connectivity index is 1.60. The molecule has 0 amide bonds. The summed E-state index contributed by atoms with van der Waals surface area (Å²) < 4.78 is 5.88. The van der Waals surface area contributed by atoms with E-state index >= 15 is 0 Å². The lowest BCUT2D eigenvalue weighted by Gasteiger charge is -2.16.